The molecule has 1 N–H and O–H groups in total. The number of hydrogen-bond donors (Lipinski definition) is 1. The van der Waals surface area contributed by atoms with E-state index in [2.05, 4.69) is 11.5 Å². The summed E-state index contributed by atoms with van der Waals surface area (Å²) in [5, 5.41) is 9.48. The molecule has 0 bridgehead atoms. The Labute approximate surface area is 160 Å². The zero-order valence-electron chi connectivity index (χ0n) is 16.3. The molecule has 0 aliphatic carbocycles. The summed E-state index contributed by atoms with van der Waals surface area (Å²) in [7, 11) is 0. The average molecular weight is 371 g/mol. The Balaban J connectivity index is 2.03. The molecule has 0 spiro atoms. The molecule has 1 aliphatic heterocycles. The second-order valence-electron chi connectivity index (χ2n) is 7.30. The number of rotatable bonds is 7. The van der Waals surface area contributed by atoms with Gasteiger partial charge in [0.1, 0.15) is 5.76 Å². The number of anilines is 1. The topological polar surface area (TPSA) is 62.9 Å². The Morgan fingerprint density at radius 1 is 1.22 bits per heavy atom. The van der Waals surface area contributed by atoms with Crippen LogP contribution in [-0.2, 0) is 4.74 Å². The predicted octanol–water partition coefficient (Wildman–Crippen LogP) is 4.16. The van der Waals surface area contributed by atoms with E-state index in [4.69, 9.17) is 14.3 Å². The second-order valence-corrected chi connectivity index (χ2v) is 7.30. The fraction of sp³-hybridized carbons (Fsp3) is 0.500. The molecule has 5 nitrogen and oxygen atoms in total. The van der Waals surface area contributed by atoms with E-state index >= 15 is 0 Å². The molecule has 0 amide bonds. The molecule has 0 atom stereocenters. The number of aliphatic hydroxyl groups is 1. The van der Waals surface area contributed by atoms with Crippen molar-refractivity contribution in [3.05, 3.63) is 45.6 Å². The van der Waals surface area contributed by atoms with Gasteiger partial charge in [-0.25, -0.2) is 0 Å². The van der Waals surface area contributed by atoms with Crippen LogP contribution < -0.4 is 10.3 Å². The van der Waals surface area contributed by atoms with Crippen LogP contribution in [0.15, 0.2) is 27.9 Å². The maximum Gasteiger partial charge on any atom is 0.202 e. The lowest BCUT2D eigenvalue weighted by Gasteiger charge is -2.28. The third-order valence-corrected chi connectivity index (χ3v) is 5.11. The fourth-order valence-corrected chi connectivity index (χ4v) is 3.62. The molecule has 2 heterocycles. The molecule has 5 heteroatoms. The van der Waals surface area contributed by atoms with Crippen molar-refractivity contribution in [1.29, 1.82) is 0 Å². The van der Waals surface area contributed by atoms with Crippen LogP contribution in [0.25, 0.3) is 16.7 Å². The van der Waals surface area contributed by atoms with Gasteiger partial charge in [0.2, 0.25) is 5.88 Å². The minimum atomic E-state index is 0.00912. The summed E-state index contributed by atoms with van der Waals surface area (Å²) in [6.07, 6.45) is 4.89. The molecule has 1 aliphatic rings. The number of fused-ring (bicyclic) bond motifs is 1. The minimum absolute atomic E-state index is 0.00912. The van der Waals surface area contributed by atoms with E-state index in [1.54, 1.807) is 0 Å². The fourth-order valence-electron chi connectivity index (χ4n) is 3.62. The number of ether oxygens (including phenoxy) is 1. The zero-order chi connectivity index (χ0) is 19.4. The molecule has 1 saturated heterocycles. The Hall–Kier alpha value is -2.27. The quantitative estimate of drug-likeness (QED) is 0.585. The van der Waals surface area contributed by atoms with E-state index in [1.807, 2.05) is 26.0 Å². The van der Waals surface area contributed by atoms with E-state index in [-0.39, 0.29) is 12.0 Å². The number of benzene rings is 1. The first-order valence-corrected chi connectivity index (χ1v) is 9.79. The van der Waals surface area contributed by atoms with Crippen molar-refractivity contribution in [2.45, 2.75) is 46.0 Å². The molecule has 0 unspecified atom stereocenters. The molecular formula is C22H29NO4. The van der Waals surface area contributed by atoms with Gasteiger partial charge in [0.25, 0.3) is 0 Å². The highest BCUT2D eigenvalue weighted by Crippen LogP contribution is 2.31. The summed E-state index contributed by atoms with van der Waals surface area (Å²) >= 11 is 0. The molecule has 27 heavy (non-hydrogen) atoms. The number of unbranched alkanes of at least 4 members (excludes halogenated alkanes) is 1. The number of piperidine rings is 1. The lowest BCUT2D eigenvalue weighted by Crippen LogP contribution is -2.31. The van der Waals surface area contributed by atoms with E-state index in [0.717, 1.165) is 43.5 Å². The van der Waals surface area contributed by atoms with Crippen LogP contribution in [0.5, 0.6) is 0 Å². The molecule has 1 aromatic carbocycles. The predicted molar refractivity (Wildman–Crippen MR) is 109 cm³/mol. The normalized spacial score (nSPS) is 14.6. The van der Waals surface area contributed by atoms with Gasteiger partial charge in [-0.2, -0.15) is 0 Å². The van der Waals surface area contributed by atoms with Crippen molar-refractivity contribution in [3.63, 3.8) is 0 Å². The van der Waals surface area contributed by atoms with Gasteiger partial charge in [-0.3, -0.25) is 4.79 Å². The van der Waals surface area contributed by atoms with Crippen molar-refractivity contribution in [1.82, 2.24) is 0 Å². The van der Waals surface area contributed by atoms with Crippen molar-refractivity contribution < 1.29 is 14.3 Å². The van der Waals surface area contributed by atoms with E-state index in [9.17, 15) is 4.79 Å². The first-order chi connectivity index (χ1) is 13.0. The zero-order valence-corrected chi connectivity index (χ0v) is 16.3. The molecular weight excluding hydrogens is 342 g/mol. The van der Waals surface area contributed by atoms with Gasteiger partial charge in [0.15, 0.2) is 11.0 Å². The maximum atomic E-state index is 13.0. The number of nitrogens with zero attached hydrogens (tertiary/aromatic N) is 1. The number of aryl methyl sites for hydroxylation is 1. The van der Waals surface area contributed by atoms with Gasteiger partial charge in [0.05, 0.1) is 23.1 Å². The van der Waals surface area contributed by atoms with Crippen molar-refractivity contribution in [2.24, 2.45) is 0 Å². The maximum absolute atomic E-state index is 13.0. The van der Waals surface area contributed by atoms with E-state index in [1.165, 1.54) is 6.42 Å². The van der Waals surface area contributed by atoms with Crippen LogP contribution in [0.1, 0.15) is 48.8 Å². The lowest BCUT2D eigenvalue weighted by molar-refractivity contribution is 0.235. The molecule has 2 aromatic rings. The van der Waals surface area contributed by atoms with Gasteiger partial charge < -0.3 is 19.2 Å². The molecule has 1 aromatic heterocycles. The number of hydrogen-bond acceptors (Lipinski definition) is 5. The van der Waals surface area contributed by atoms with Gasteiger partial charge >= 0.3 is 0 Å². The summed E-state index contributed by atoms with van der Waals surface area (Å²) in [4.78, 5) is 15.2. The Morgan fingerprint density at radius 3 is 2.67 bits per heavy atom. The van der Waals surface area contributed by atoms with Crippen LogP contribution in [0.4, 0.5) is 5.88 Å². The first kappa shape index (κ1) is 19.5. The van der Waals surface area contributed by atoms with Crippen LogP contribution in [0.2, 0.25) is 0 Å². The highest BCUT2D eigenvalue weighted by molar-refractivity contribution is 5.89. The van der Waals surface area contributed by atoms with Gasteiger partial charge in [-0.1, -0.05) is 6.58 Å². The Bertz CT molecular complexity index is 878. The molecule has 146 valence electrons. The lowest BCUT2D eigenvalue weighted by atomic mass is 10.0. The number of aliphatic hydroxyl groups excluding tert-OH is 1. The van der Waals surface area contributed by atoms with Crippen LogP contribution in [-0.4, -0.2) is 31.4 Å². The summed E-state index contributed by atoms with van der Waals surface area (Å²) < 4.78 is 12.1. The van der Waals surface area contributed by atoms with Crippen LogP contribution in [0, 0.1) is 13.8 Å². The monoisotopic (exact) mass is 371 g/mol. The third-order valence-electron chi connectivity index (χ3n) is 5.11. The SMILES string of the molecule is C=C(OCCCCO)c1cc(C)cc2c(=O)c(C)c(N3CCCCC3)oc12. The van der Waals surface area contributed by atoms with Crippen LogP contribution >= 0.6 is 0 Å². The van der Waals surface area contributed by atoms with Crippen molar-refractivity contribution in [2.75, 3.05) is 31.2 Å². The highest BCUT2D eigenvalue weighted by Gasteiger charge is 2.21. The van der Waals surface area contributed by atoms with E-state index < -0.39 is 0 Å². The van der Waals surface area contributed by atoms with Crippen molar-refractivity contribution in [3.8, 4) is 0 Å². The molecule has 0 saturated carbocycles. The molecule has 0 radical (unpaired) electrons. The molecule has 3 rings (SSSR count). The smallest absolute Gasteiger partial charge is 0.202 e. The Kier molecular flexibility index (Phi) is 6.22. The largest absolute Gasteiger partial charge is 0.493 e. The van der Waals surface area contributed by atoms with Gasteiger partial charge in [-0.05, 0) is 63.6 Å². The second kappa shape index (κ2) is 8.61. The van der Waals surface area contributed by atoms with E-state index in [0.29, 0.717) is 41.2 Å². The molecule has 1 fully saturated rings. The average Bonchev–Trinajstić information content (AvgIpc) is 2.68. The van der Waals surface area contributed by atoms with Gasteiger partial charge in [0, 0.05) is 19.7 Å². The standard InChI is InChI=1S/C22H29NO4/c1-15-13-18(17(3)26-12-8-7-11-24)21-19(14-15)20(25)16(2)22(27-21)23-9-5-4-6-10-23/h13-14,24H,3-12H2,1-2H3. The summed E-state index contributed by atoms with van der Waals surface area (Å²) in [6, 6.07) is 3.83. The van der Waals surface area contributed by atoms with Crippen LogP contribution in [0.3, 0.4) is 0 Å². The Morgan fingerprint density at radius 2 is 1.96 bits per heavy atom. The minimum Gasteiger partial charge on any atom is -0.493 e. The van der Waals surface area contributed by atoms with Crippen molar-refractivity contribution >= 4 is 22.6 Å². The van der Waals surface area contributed by atoms with Gasteiger partial charge in [-0.15, -0.1) is 0 Å². The highest BCUT2D eigenvalue weighted by atomic mass is 16.5. The summed E-state index contributed by atoms with van der Waals surface area (Å²) in [6.45, 7) is 10.3. The third kappa shape index (κ3) is 4.19. The first-order valence-electron chi connectivity index (χ1n) is 9.79. The summed E-state index contributed by atoms with van der Waals surface area (Å²) in [5.74, 6) is 1.17. The summed E-state index contributed by atoms with van der Waals surface area (Å²) in [5.41, 5.74) is 2.91.